The molecular weight excluding hydrogens is 392 g/mol. The van der Waals surface area contributed by atoms with Gasteiger partial charge in [0.25, 0.3) is 0 Å². The van der Waals surface area contributed by atoms with E-state index >= 15 is 0 Å². The number of ether oxygens (including phenoxy) is 1. The number of aryl methyl sites for hydroxylation is 2. The average molecular weight is 406 g/mol. The number of rotatable bonds is 1. The zero-order valence-corrected chi connectivity index (χ0v) is 15.8. The lowest BCUT2D eigenvalue weighted by atomic mass is 9.89. The van der Waals surface area contributed by atoms with Crippen LogP contribution in [0.25, 0.3) is 21.9 Å². The Morgan fingerprint density at radius 2 is 1.57 bits per heavy atom. The molecule has 0 saturated heterocycles. The highest BCUT2D eigenvalue weighted by molar-refractivity contribution is 6.18. The monoisotopic (exact) mass is 406 g/mol. The van der Waals surface area contributed by atoms with Gasteiger partial charge in [-0.2, -0.15) is 0 Å². The van der Waals surface area contributed by atoms with Gasteiger partial charge in [-0.05, 0) is 43.2 Å². The number of Topliss-reactive ketones (excluding diaryl/α,β-unsaturated/α-hetero) is 1. The minimum absolute atomic E-state index is 0.0221. The number of carbonyl (C=O) groups excluding carboxylic acids is 2. The lowest BCUT2D eigenvalue weighted by Crippen LogP contribution is -2.32. The maximum atomic E-state index is 13.1. The third kappa shape index (κ3) is 2.43. The summed E-state index contributed by atoms with van der Waals surface area (Å²) in [5.74, 6) is -3.11. The molecule has 150 valence electrons. The second kappa shape index (κ2) is 5.96. The molecule has 4 aromatic rings. The van der Waals surface area contributed by atoms with Gasteiger partial charge in [-0.15, -0.1) is 0 Å². The minimum Gasteiger partial charge on any atom is -0.508 e. The van der Waals surface area contributed by atoms with E-state index in [1.54, 1.807) is 13.8 Å². The Labute approximate surface area is 167 Å². The highest BCUT2D eigenvalue weighted by Crippen LogP contribution is 2.40. The van der Waals surface area contributed by atoms with E-state index in [9.17, 15) is 24.6 Å². The summed E-state index contributed by atoms with van der Waals surface area (Å²) in [6, 6.07) is 6.67. The largest absolute Gasteiger partial charge is 0.508 e. The van der Waals surface area contributed by atoms with Crippen molar-refractivity contribution in [3.63, 3.8) is 0 Å². The molecule has 2 aromatic carbocycles. The summed E-state index contributed by atoms with van der Waals surface area (Å²) in [7, 11) is 0. The third-order valence-corrected chi connectivity index (χ3v) is 5.21. The maximum absolute atomic E-state index is 13.1. The van der Waals surface area contributed by atoms with Crippen LogP contribution in [0.2, 0.25) is 0 Å². The first-order valence-electron chi connectivity index (χ1n) is 9.04. The van der Waals surface area contributed by atoms with Gasteiger partial charge in [-0.25, -0.2) is 4.79 Å². The van der Waals surface area contributed by atoms with E-state index in [-0.39, 0.29) is 45.1 Å². The molecule has 0 saturated carbocycles. The summed E-state index contributed by atoms with van der Waals surface area (Å²) in [6.07, 6.45) is 0. The van der Waals surface area contributed by atoms with E-state index in [1.807, 2.05) is 0 Å². The van der Waals surface area contributed by atoms with Crippen LogP contribution in [0, 0.1) is 13.8 Å². The number of aromatic hydroxyl groups is 2. The molecule has 2 aromatic heterocycles. The number of carbonyl (C=O) groups is 2. The molecule has 0 fully saturated rings. The van der Waals surface area contributed by atoms with Crippen molar-refractivity contribution in [1.29, 1.82) is 0 Å². The Morgan fingerprint density at radius 1 is 0.867 bits per heavy atom. The highest BCUT2D eigenvalue weighted by Gasteiger charge is 2.41. The molecule has 2 N–H and O–H groups in total. The quantitative estimate of drug-likeness (QED) is 0.213. The van der Waals surface area contributed by atoms with Crippen LogP contribution in [-0.2, 0) is 4.79 Å². The van der Waals surface area contributed by atoms with Gasteiger partial charge in [0.2, 0.25) is 0 Å². The van der Waals surface area contributed by atoms with E-state index in [0.29, 0.717) is 16.5 Å². The predicted octanol–water partition coefficient (Wildman–Crippen LogP) is 3.45. The molecular formula is C22H14O8. The first-order chi connectivity index (χ1) is 14.2. The summed E-state index contributed by atoms with van der Waals surface area (Å²) in [6.45, 7) is 3.32. The van der Waals surface area contributed by atoms with E-state index in [4.69, 9.17) is 13.6 Å². The smallest absolute Gasteiger partial charge is 0.347 e. The molecule has 0 amide bonds. The number of phenolic OH excluding ortho intramolecular Hbond substituents is 2. The van der Waals surface area contributed by atoms with Gasteiger partial charge in [0.05, 0.1) is 10.9 Å². The predicted molar refractivity (Wildman–Crippen MR) is 104 cm³/mol. The lowest BCUT2D eigenvalue weighted by Gasteiger charge is -2.22. The van der Waals surface area contributed by atoms with E-state index < -0.39 is 23.3 Å². The zero-order valence-electron chi connectivity index (χ0n) is 15.8. The van der Waals surface area contributed by atoms with Crippen molar-refractivity contribution in [3.05, 3.63) is 63.2 Å². The van der Waals surface area contributed by atoms with Crippen LogP contribution >= 0.6 is 0 Å². The third-order valence-electron chi connectivity index (χ3n) is 5.21. The zero-order chi connectivity index (χ0) is 21.3. The van der Waals surface area contributed by atoms with Gasteiger partial charge in [0, 0.05) is 12.1 Å². The average Bonchev–Trinajstić information content (AvgIpc) is 3.05. The fourth-order valence-electron chi connectivity index (χ4n) is 3.95. The molecule has 1 aliphatic rings. The van der Waals surface area contributed by atoms with Gasteiger partial charge in [0.1, 0.15) is 34.0 Å². The Bertz CT molecular complexity index is 1470. The van der Waals surface area contributed by atoms with Gasteiger partial charge < -0.3 is 23.8 Å². The number of benzene rings is 2. The van der Waals surface area contributed by atoms with Crippen LogP contribution in [0.1, 0.15) is 33.2 Å². The fourth-order valence-corrected chi connectivity index (χ4v) is 3.95. The molecule has 3 heterocycles. The highest BCUT2D eigenvalue weighted by atomic mass is 16.5. The number of ketones is 1. The molecule has 1 aliphatic heterocycles. The van der Waals surface area contributed by atoms with Gasteiger partial charge >= 0.3 is 11.6 Å². The molecule has 30 heavy (non-hydrogen) atoms. The van der Waals surface area contributed by atoms with Crippen molar-refractivity contribution in [2.75, 3.05) is 0 Å². The SMILES string of the molecule is Cc1cc(O)cc2c1C(=O)C(c1cc3c(=O)oc4cc(O)cc(C)c4c3o1)C(=O)O2. The van der Waals surface area contributed by atoms with Crippen molar-refractivity contribution < 1.29 is 33.4 Å². The number of hydrogen-bond donors (Lipinski definition) is 2. The lowest BCUT2D eigenvalue weighted by molar-refractivity contribution is -0.135. The van der Waals surface area contributed by atoms with Crippen LogP contribution < -0.4 is 10.4 Å². The van der Waals surface area contributed by atoms with Crippen molar-refractivity contribution in [1.82, 2.24) is 0 Å². The van der Waals surface area contributed by atoms with Crippen LogP contribution in [0.4, 0.5) is 0 Å². The number of phenols is 2. The topological polar surface area (TPSA) is 127 Å². The summed E-state index contributed by atoms with van der Waals surface area (Å²) >= 11 is 0. The Kier molecular flexibility index (Phi) is 3.58. The number of hydrogen-bond acceptors (Lipinski definition) is 8. The minimum atomic E-state index is -1.40. The van der Waals surface area contributed by atoms with Crippen LogP contribution in [-0.4, -0.2) is 22.0 Å². The van der Waals surface area contributed by atoms with Gasteiger partial charge in [0.15, 0.2) is 17.3 Å². The van der Waals surface area contributed by atoms with E-state index in [2.05, 4.69) is 0 Å². The maximum Gasteiger partial charge on any atom is 0.347 e. The summed E-state index contributed by atoms with van der Waals surface area (Å²) in [4.78, 5) is 38.2. The first kappa shape index (κ1) is 18.0. The van der Waals surface area contributed by atoms with Crippen molar-refractivity contribution >= 4 is 33.7 Å². The Morgan fingerprint density at radius 3 is 2.33 bits per heavy atom. The molecule has 0 bridgehead atoms. The first-order valence-corrected chi connectivity index (χ1v) is 9.04. The molecule has 1 atom stereocenters. The molecule has 0 aliphatic carbocycles. The molecule has 8 nitrogen and oxygen atoms in total. The van der Waals surface area contributed by atoms with Gasteiger partial charge in [-0.3, -0.25) is 9.59 Å². The summed E-state index contributed by atoms with van der Waals surface area (Å²) in [5.41, 5.74) is 0.753. The number of fused-ring (bicyclic) bond motifs is 4. The normalized spacial score (nSPS) is 16.1. The van der Waals surface area contributed by atoms with Gasteiger partial charge in [-0.1, -0.05) is 0 Å². The van der Waals surface area contributed by atoms with Crippen LogP contribution in [0.3, 0.4) is 0 Å². The number of esters is 1. The second-order valence-corrected chi connectivity index (χ2v) is 7.27. The fraction of sp³-hybridized carbons (Fsp3) is 0.136. The van der Waals surface area contributed by atoms with Crippen LogP contribution in [0.15, 0.2) is 44.0 Å². The summed E-state index contributed by atoms with van der Waals surface area (Å²) in [5, 5.41) is 20.0. The molecule has 1 unspecified atom stereocenters. The van der Waals surface area contributed by atoms with E-state index in [1.165, 1.54) is 30.3 Å². The summed E-state index contributed by atoms with van der Waals surface area (Å²) < 4.78 is 16.4. The van der Waals surface area contributed by atoms with Crippen molar-refractivity contribution in [3.8, 4) is 17.2 Å². The number of furan rings is 1. The Balaban J connectivity index is 1.75. The van der Waals surface area contributed by atoms with Crippen molar-refractivity contribution in [2.24, 2.45) is 0 Å². The van der Waals surface area contributed by atoms with Crippen molar-refractivity contribution in [2.45, 2.75) is 19.8 Å². The molecule has 0 radical (unpaired) electrons. The standard InChI is InChI=1S/C22H14O8/c1-8-3-10(23)5-13-16(8)19(25)18(22(27)30-13)15-7-12-20(28-15)17-9(2)4-11(24)6-14(17)29-21(12)26/h3-7,18,23-24H,1-2H3. The van der Waals surface area contributed by atoms with E-state index in [0.717, 1.165) is 0 Å². The second-order valence-electron chi connectivity index (χ2n) is 7.27. The molecule has 8 heteroatoms. The molecule has 0 spiro atoms. The Hall–Kier alpha value is -4.07. The molecule has 5 rings (SSSR count). The van der Waals surface area contributed by atoms with Crippen LogP contribution in [0.5, 0.6) is 17.2 Å².